The highest BCUT2D eigenvalue weighted by atomic mass is 16.2. The molecule has 0 N–H and O–H groups in total. The average Bonchev–Trinajstić information content (AvgIpc) is 2.47. The SMILES string of the molecule is CCCCN(C=O)C(=O)c1ccc2ccccc2c1. The van der Waals surface area contributed by atoms with Gasteiger partial charge >= 0.3 is 0 Å². The second-order valence-corrected chi connectivity index (χ2v) is 4.52. The third kappa shape index (κ3) is 2.99. The third-order valence-corrected chi connectivity index (χ3v) is 3.14. The molecule has 2 aromatic carbocycles. The summed E-state index contributed by atoms with van der Waals surface area (Å²) in [6, 6.07) is 13.4. The minimum Gasteiger partial charge on any atom is -0.281 e. The van der Waals surface area contributed by atoms with Crippen molar-refractivity contribution < 1.29 is 9.59 Å². The molecule has 0 saturated carbocycles. The van der Waals surface area contributed by atoms with Crippen LogP contribution in [0.25, 0.3) is 10.8 Å². The Bertz CT molecular complexity index is 592. The topological polar surface area (TPSA) is 37.4 Å². The number of nitrogens with zero attached hydrogens (tertiary/aromatic N) is 1. The maximum Gasteiger partial charge on any atom is 0.260 e. The lowest BCUT2D eigenvalue weighted by Gasteiger charge is -2.15. The van der Waals surface area contributed by atoms with Gasteiger partial charge in [0.2, 0.25) is 6.41 Å². The summed E-state index contributed by atoms with van der Waals surface area (Å²) in [5.74, 6) is -0.228. The maximum atomic E-state index is 12.2. The van der Waals surface area contributed by atoms with Gasteiger partial charge in [0.05, 0.1) is 0 Å². The highest BCUT2D eigenvalue weighted by Gasteiger charge is 2.14. The van der Waals surface area contributed by atoms with E-state index in [2.05, 4.69) is 0 Å². The zero-order valence-corrected chi connectivity index (χ0v) is 11.0. The highest BCUT2D eigenvalue weighted by molar-refractivity contribution is 6.02. The highest BCUT2D eigenvalue weighted by Crippen LogP contribution is 2.16. The van der Waals surface area contributed by atoms with Crippen molar-refractivity contribution in [2.24, 2.45) is 0 Å². The number of fused-ring (bicyclic) bond motifs is 1. The second-order valence-electron chi connectivity index (χ2n) is 4.52. The molecule has 0 aliphatic heterocycles. The third-order valence-electron chi connectivity index (χ3n) is 3.14. The lowest BCUT2D eigenvalue weighted by atomic mass is 10.1. The lowest BCUT2D eigenvalue weighted by Crippen LogP contribution is -2.30. The summed E-state index contributed by atoms with van der Waals surface area (Å²) in [4.78, 5) is 24.5. The van der Waals surface area contributed by atoms with Crippen molar-refractivity contribution in [1.29, 1.82) is 0 Å². The van der Waals surface area contributed by atoms with Crippen molar-refractivity contribution >= 4 is 23.1 Å². The van der Waals surface area contributed by atoms with E-state index in [9.17, 15) is 9.59 Å². The fourth-order valence-corrected chi connectivity index (χ4v) is 2.02. The Kier molecular flexibility index (Phi) is 4.29. The normalized spacial score (nSPS) is 10.4. The standard InChI is InChI=1S/C16H17NO2/c1-2-3-10-17(12-18)16(19)15-9-8-13-6-4-5-7-14(13)11-15/h4-9,11-12H,2-3,10H2,1H3. The summed E-state index contributed by atoms with van der Waals surface area (Å²) in [6.45, 7) is 2.51. The molecule has 0 heterocycles. The van der Waals surface area contributed by atoms with Crippen molar-refractivity contribution in [3.8, 4) is 0 Å². The van der Waals surface area contributed by atoms with Gasteiger partial charge in [-0.2, -0.15) is 0 Å². The number of imide groups is 1. The van der Waals surface area contributed by atoms with Crippen molar-refractivity contribution in [2.45, 2.75) is 19.8 Å². The van der Waals surface area contributed by atoms with Crippen LogP contribution in [0.3, 0.4) is 0 Å². The molecule has 2 aromatic rings. The van der Waals surface area contributed by atoms with Crippen LogP contribution >= 0.6 is 0 Å². The van der Waals surface area contributed by atoms with Crippen LogP contribution in [0.1, 0.15) is 30.1 Å². The summed E-state index contributed by atoms with van der Waals surface area (Å²) in [5.41, 5.74) is 0.557. The molecule has 0 aliphatic carbocycles. The summed E-state index contributed by atoms with van der Waals surface area (Å²) in [5, 5.41) is 2.10. The Morgan fingerprint density at radius 3 is 2.58 bits per heavy atom. The van der Waals surface area contributed by atoms with Crippen LogP contribution in [0.4, 0.5) is 0 Å². The summed E-state index contributed by atoms with van der Waals surface area (Å²) < 4.78 is 0. The number of carbonyl (C=O) groups is 2. The van der Waals surface area contributed by atoms with Gasteiger partial charge < -0.3 is 0 Å². The predicted octanol–water partition coefficient (Wildman–Crippen LogP) is 3.24. The molecule has 98 valence electrons. The molecule has 0 spiro atoms. The Balaban J connectivity index is 2.27. The molecule has 2 amide bonds. The quantitative estimate of drug-likeness (QED) is 0.769. The van der Waals surface area contributed by atoms with Gasteiger partial charge in [0, 0.05) is 12.1 Å². The van der Waals surface area contributed by atoms with E-state index >= 15 is 0 Å². The van der Waals surface area contributed by atoms with Gasteiger partial charge in [-0.25, -0.2) is 0 Å². The molecule has 0 aliphatic rings. The molecule has 0 saturated heterocycles. The summed E-state index contributed by atoms with van der Waals surface area (Å²) >= 11 is 0. The van der Waals surface area contributed by atoms with Gasteiger partial charge in [-0.3, -0.25) is 14.5 Å². The molecule has 0 unspecified atom stereocenters. The molecule has 0 bridgehead atoms. The first-order chi connectivity index (χ1) is 9.26. The first-order valence-corrected chi connectivity index (χ1v) is 6.51. The van der Waals surface area contributed by atoms with E-state index < -0.39 is 0 Å². The molecule has 19 heavy (non-hydrogen) atoms. The molecule has 0 aromatic heterocycles. The van der Waals surface area contributed by atoms with Gasteiger partial charge in [0.15, 0.2) is 0 Å². The van der Waals surface area contributed by atoms with Crippen molar-refractivity contribution in [3.63, 3.8) is 0 Å². The van der Waals surface area contributed by atoms with Crippen molar-refractivity contribution in [3.05, 3.63) is 48.0 Å². The average molecular weight is 255 g/mol. The molecular weight excluding hydrogens is 238 g/mol. The van der Waals surface area contributed by atoms with E-state index in [1.807, 2.05) is 43.3 Å². The number of benzene rings is 2. The van der Waals surface area contributed by atoms with Crippen LogP contribution in [-0.4, -0.2) is 23.8 Å². The minimum absolute atomic E-state index is 0.228. The van der Waals surface area contributed by atoms with Crippen LogP contribution in [0.15, 0.2) is 42.5 Å². The Morgan fingerprint density at radius 2 is 1.89 bits per heavy atom. The van der Waals surface area contributed by atoms with E-state index in [0.717, 1.165) is 23.6 Å². The molecular formula is C16H17NO2. The first-order valence-electron chi connectivity index (χ1n) is 6.51. The zero-order valence-electron chi connectivity index (χ0n) is 11.0. The summed E-state index contributed by atoms with van der Waals surface area (Å²) in [6.07, 6.45) is 2.40. The largest absolute Gasteiger partial charge is 0.281 e. The number of rotatable bonds is 5. The Labute approximate surface area is 112 Å². The van der Waals surface area contributed by atoms with Crippen molar-refractivity contribution in [2.75, 3.05) is 6.54 Å². The fraction of sp³-hybridized carbons (Fsp3) is 0.250. The lowest BCUT2D eigenvalue weighted by molar-refractivity contribution is -0.116. The number of amides is 2. The van der Waals surface area contributed by atoms with E-state index in [4.69, 9.17) is 0 Å². The van der Waals surface area contributed by atoms with E-state index in [1.54, 1.807) is 6.07 Å². The maximum absolute atomic E-state index is 12.2. The van der Waals surface area contributed by atoms with E-state index in [-0.39, 0.29) is 5.91 Å². The first kappa shape index (κ1) is 13.3. The number of hydrogen-bond acceptors (Lipinski definition) is 2. The number of hydrogen-bond donors (Lipinski definition) is 0. The van der Waals surface area contributed by atoms with Crippen LogP contribution in [-0.2, 0) is 4.79 Å². The molecule has 0 atom stereocenters. The number of unbranched alkanes of at least 4 members (excludes halogenated alkanes) is 1. The van der Waals surface area contributed by atoms with Crippen LogP contribution < -0.4 is 0 Å². The molecule has 0 radical (unpaired) electrons. The molecule has 2 rings (SSSR count). The monoisotopic (exact) mass is 255 g/mol. The van der Waals surface area contributed by atoms with Gasteiger partial charge in [-0.1, -0.05) is 43.7 Å². The molecule has 3 heteroatoms. The van der Waals surface area contributed by atoms with E-state index in [0.29, 0.717) is 18.5 Å². The van der Waals surface area contributed by atoms with Crippen LogP contribution in [0.2, 0.25) is 0 Å². The summed E-state index contributed by atoms with van der Waals surface area (Å²) in [7, 11) is 0. The van der Waals surface area contributed by atoms with Gasteiger partial charge in [0.1, 0.15) is 0 Å². The molecule has 0 fully saturated rings. The molecule has 3 nitrogen and oxygen atoms in total. The number of carbonyl (C=O) groups excluding carboxylic acids is 2. The predicted molar refractivity (Wildman–Crippen MR) is 76.0 cm³/mol. The van der Waals surface area contributed by atoms with Crippen molar-refractivity contribution in [1.82, 2.24) is 4.90 Å². The fourth-order valence-electron chi connectivity index (χ4n) is 2.02. The van der Waals surface area contributed by atoms with Crippen LogP contribution in [0.5, 0.6) is 0 Å². The van der Waals surface area contributed by atoms with Gasteiger partial charge in [-0.15, -0.1) is 0 Å². The van der Waals surface area contributed by atoms with Gasteiger partial charge in [-0.05, 0) is 29.3 Å². The van der Waals surface area contributed by atoms with E-state index in [1.165, 1.54) is 4.90 Å². The zero-order chi connectivity index (χ0) is 13.7. The Hall–Kier alpha value is -2.16. The Morgan fingerprint density at radius 1 is 1.16 bits per heavy atom. The minimum atomic E-state index is -0.228. The van der Waals surface area contributed by atoms with Crippen LogP contribution in [0, 0.1) is 0 Å². The second kappa shape index (κ2) is 6.14. The van der Waals surface area contributed by atoms with Gasteiger partial charge in [0.25, 0.3) is 5.91 Å². The smallest absolute Gasteiger partial charge is 0.260 e.